The Bertz CT molecular complexity index is 593. The van der Waals surface area contributed by atoms with E-state index in [1.54, 1.807) is 0 Å². The molecule has 2 aromatic rings. The van der Waals surface area contributed by atoms with Crippen LogP contribution < -0.4 is 5.32 Å². The number of fused-ring (bicyclic) bond motifs is 1. The summed E-state index contributed by atoms with van der Waals surface area (Å²) in [5.74, 6) is 0.269. The van der Waals surface area contributed by atoms with E-state index in [2.05, 4.69) is 24.4 Å². The van der Waals surface area contributed by atoms with Gasteiger partial charge in [0.15, 0.2) is 5.78 Å². The Morgan fingerprint density at radius 1 is 1.16 bits per heavy atom. The highest BCUT2D eigenvalue weighted by Gasteiger charge is 2.26. The zero-order chi connectivity index (χ0) is 13.2. The molecular formula is C17H17NO. The molecule has 1 aliphatic rings. The average molecular weight is 251 g/mol. The first-order valence-electron chi connectivity index (χ1n) is 6.66. The molecule has 0 bridgehead atoms. The number of hydrogen-bond acceptors (Lipinski definition) is 2. The molecular weight excluding hydrogens is 234 g/mol. The molecule has 2 heteroatoms. The lowest BCUT2D eigenvalue weighted by atomic mass is 9.98. The fourth-order valence-corrected chi connectivity index (χ4v) is 2.61. The molecule has 1 aliphatic heterocycles. The van der Waals surface area contributed by atoms with E-state index < -0.39 is 0 Å². The lowest BCUT2D eigenvalue weighted by Crippen LogP contribution is -2.28. The minimum atomic E-state index is -0.0722. The highest BCUT2D eigenvalue weighted by atomic mass is 16.1. The Balaban J connectivity index is 1.72. The van der Waals surface area contributed by atoms with Crippen LogP contribution in [0, 0.1) is 6.92 Å². The second-order valence-electron chi connectivity index (χ2n) is 5.13. The minimum Gasteiger partial charge on any atom is -0.375 e. The summed E-state index contributed by atoms with van der Waals surface area (Å²) in [4.78, 5) is 12.4. The molecule has 2 aromatic carbocycles. The number of para-hydroxylation sites is 1. The number of Topliss-reactive ketones (excluding diaryl/α,β-unsaturated/α-hetero) is 1. The molecule has 0 aromatic heterocycles. The molecule has 1 unspecified atom stereocenters. The van der Waals surface area contributed by atoms with Crippen molar-refractivity contribution in [2.75, 3.05) is 5.32 Å². The third-order valence-corrected chi connectivity index (χ3v) is 3.79. The molecule has 1 N–H and O–H groups in total. The van der Waals surface area contributed by atoms with E-state index in [0.717, 1.165) is 17.7 Å². The number of benzene rings is 2. The summed E-state index contributed by atoms with van der Waals surface area (Å²) in [5.41, 5.74) is 4.66. The molecule has 0 spiro atoms. The van der Waals surface area contributed by atoms with Gasteiger partial charge in [-0.25, -0.2) is 0 Å². The third-order valence-electron chi connectivity index (χ3n) is 3.79. The molecule has 0 amide bonds. The summed E-state index contributed by atoms with van der Waals surface area (Å²) in [6, 6.07) is 16.2. The van der Waals surface area contributed by atoms with Gasteiger partial charge in [-0.1, -0.05) is 42.5 Å². The van der Waals surface area contributed by atoms with Crippen molar-refractivity contribution in [3.63, 3.8) is 0 Å². The Morgan fingerprint density at radius 2 is 1.89 bits per heavy atom. The van der Waals surface area contributed by atoms with Gasteiger partial charge >= 0.3 is 0 Å². The summed E-state index contributed by atoms with van der Waals surface area (Å²) in [6.07, 6.45) is 1.32. The van der Waals surface area contributed by atoms with Crippen LogP contribution in [0.5, 0.6) is 0 Å². The Hall–Kier alpha value is -2.09. The largest absolute Gasteiger partial charge is 0.375 e. The van der Waals surface area contributed by atoms with Gasteiger partial charge in [0.1, 0.15) is 0 Å². The van der Waals surface area contributed by atoms with Gasteiger partial charge in [0.25, 0.3) is 0 Å². The molecule has 1 heterocycles. The second kappa shape index (κ2) is 4.88. The number of carbonyl (C=O) groups is 1. The molecule has 3 rings (SSSR count). The van der Waals surface area contributed by atoms with E-state index >= 15 is 0 Å². The summed E-state index contributed by atoms with van der Waals surface area (Å²) in [6.45, 7) is 2.06. The van der Waals surface area contributed by atoms with E-state index in [0.29, 0.717) is 6.42 Å². The Labute approximate surface area is 113 Å². The molecule has 96 valence electrons. The quantitative estimate of drug-likeness (QED) is 0.908. The minimum absolute atomic E-state index is 0.0722. The van der Waals surface area contributed by atoms with E-state index in [4.69, 9.17) is 0 Å². The van der Waals surface area contributed by atoms with Crippen molar-refractivity contribution in [1.29, 1.82) is 0 Å². The van der Waals surface area contributed by atoms with Gasteiger partial charge in [0, 0.05) is 18.5 Å². The fraction of sp³-hybridized carbons (Fsp3) is 0.235. The maximum Gasteiger partial charge on any atom is 0.159 e. The molecule has 0 radical (unpaired) electrons. The SMILES string of the molecule is Cc1ccccc1CC(=O)C1Cc2ccccc2N1. The van der Waals surface area contributed by atoms with Crippen LogP contribution in [0.1, 0.15) is 16.7 Å². The van der Waals surface area contributed by atoms with Crippen LogP contribution in [-0.2, 0) is 17.6 Å². The van der Waals surface area contributed by atoms with Gasteiger partial charge < -0.3 is 5.32 Å². The normalized spacial score (nSPS) is 16.8. The zero-order valence-electron chi connectivity index (χ0n) is 11.0. The lowest BCUT2D eigenvalue weighted by molar-refractivity contribution is -0.119. The Kier molecular flexibility index (Phi) is 3.08. The first-order valence-corrected chi connectivity index (χ1v) is 6.66. The van der Waals surface area contributed by atoms with Crippen molar-refractivity contribution in [3.8, 4) is 0 Å². The monoisotopic (exact) mass is 251 g/mol. The topological polar surface area (TPSA) is 29.1 Å². The van der Waals surface area contributed by atoms with Crippen LogP contribution in [0.25, 0.3) is 0 Å². The van der Waals surface area contributed by atoms with Gasteiger partial charge in [0.05, 0.1) is 6.04 Å². The zero-order valence-corrected chi connectivity index (χ0v) is 11.0. The van der Waals surface area contributed by atoms with Crippen molar-refractivity contribution in [2.24, 2.45) is 0 Å². The molecule has 0 saturated carbocycles. The van der Waals surface area contributed by atoms with Crippen LogP contribution in [0.15, 0.2) is 48.5 Å². The van der Waals surface area contributed by atoms with E-state index in [-0.39, 0.29) is 11.8 Å². The van der Waals surface area contributed by atoms with Crippen molar-refractivity contribution in [3.05, 3.63) is 65.2 Å². The van der Waals surface area contributed by atoms with Crippen LogP contribution in [0.3, 0.4) is 0 Å². The second-order valence-corrected chi connectivity index (χ2v) is 5.13. The van der Waals surface area contributed by atoms with Crippen LogP contribution in [0.4, 0.5) is 5.69 Å². The number of rotatable bonds is 3. The predicted molar refractivity (Wildman–Crippen MR) is 77.4 cm³/mol. The highest BCUT2D eigenvalue weighted by Crippen LogP contribution is 2.26. The molecule has 0 fully saturated rings. The predicted octanol–water partition coefficient (Wildman–Crippen LogP) is 3.14. The van der Waals surface area contributed by atoms with Crippen molar-refractivity contribution < 1.29 is 4.79 Å². The standard InChI is InChI=1S/C17H17NO/c1-12-6-2-3-7-13(12)11-17(19)16-10-14-8-4-5-9-15(14)18-16/h2-9,16,18H,10-11H2,1H3. The van der Waals surface area contributed by atoms with E-state index in [1.807, 2.05) is 36.4 Å². The summed E-state index contributed by atoms with van der Waals surface area (Å²) in [5, 5.41) is 3.32. The molecule has 2 nitrogen and oxygen atoms in total. The van der Waals surface area contributed by atoms with Crippen LogP contribution in [-0.4, -0.2) is 11.8 Å². The summed E-state index contributed by atoms with van der Waals surface area (Å²) >= 11 is 0. The maximum atomic E-state index is 12.4. The van der Waals surface area contributed by atoms with Gasteiger partial charge in [-0.2, -0.15) is 0 Å². The van der Waals surface area contributed by atoms with Crippen LogP contribution >= 0.6 is 0 Å². The van der Waals surface area contributed by atoms with Crippen LogP contribution in [0.2, 0.25) is 0 Å². The van der Waals surface area contributed by atoms with Crippen molar-refractivity contribution >= 4 is 11.5 Å². The number of hydrogen-bond donors (Lipinski definition) is 1. The molecule has 0 saturated heterocycles. The van der Waals surface area contributed by atoms with Gasteiger partial charge in [-0.05, 0) is 29.7 Å². The first kappa shape index (κ1) is 12.0. The highest BCUT2D eigenvalue weighted by molar-refractivity contribution is 5.91. The average Bonchev–Trinajstić information content (AvgIpc) is 2.85. The molecule has 19 heavy (non-hydrogen) atoms. The molecule has 1 atom stereocenters. The van der Waals surface area contributed by atoms with E-state index in [1.165, 1.54) is 11.1 Å². The summed E-state index contributed by atoms with van der Waals surface area (Å²) < 4.78 is 0. The van der Waals surface area contributed by atoms with Gasteiger partial charge in [-0.15, -0.1) is 0 Å². The number of ketones is 1. The van der Waals surface area contributed by atoms with Gasteiger partial charge in [-0.3, -0.25) is 4.79 Å². The first-order chi connectivity index (χ1) is 9.24. The number of aryl methyl sites for hydroxylation is 1. The number of nitrogens with one attached hydrogen (secondary N) is 1. The third kappa shape index (κ3) is 2.39. The summed E-state index contributed by atoms with van der Waals surface area (Å²) in [7, 11) is 0. The number of carbonyl (C=O) groups excluding carboxylic acids is 1. The van der Waals surface area contributed by atoms with Crippen molar-refractivity contribution in [1.82, 2.24) is 0 Å². The van der Waals surface area contributed by atoms with Crippen molar-refractivity contribution in [2.45, 2.75) is 25.8 Å². The fourth-order valence-electron chi connectivity index (χ4n) is 2.61. The lowest BCUT2D eigenvalue weighted by Gasteiger charge is -2.11. The Morgan fingerprint density at radius 3 is 2.68 bits per heavy atom. The number of anilines is 1. The molecule has 0 aliphatic carbocycles. The smallest absolute Gasteiger partial charge is 0.159 e. The van der Waals surface area contributed by atoms with Gasteiger partial charge in [0.2, 0.25) is 0 Å². The maximum absolute atomic E-state index is 12.4. The van der Waals surface area contributed by atoms with E-state index in [9.17, 15) is 4.79 Å².